The normalized spacial score (nSPS) is 44.1. The highest BCUT2D eigenvalue weighted by Gasteiger charge is 2.57. The van der Waals surface area contributed by atoms with Gasteiger partial charge in [-0.25, -0.2) is 0 Å². The lowest BCUT2D eigenvalue weighted by Gasteiger charge is -2.57. The van der Waals surface area contributed by atoms with Crippen molar-refractivity contribution in [2.75, 3.05) is 13.6 Å². The average Bonchev–Trinajstić information content (AvgIpc) is 3.09. The van der Waals surface area contributed by atoms with Crippen molar-refractivity contribution in [3.05, 3.63) is 35.9 Å². The number of carbonyl (C=O) groups excluding carboxylic acids is 1. The number of aliphatic hydroxyl groups is 1. The molecule has 0 radical (unpaired) electrons. The SMILES string of the molecule is CN(C[C@H]1CC[C@H]2[C@@H]3CC[C@@H]4C[C@](C)(O)CC[C@@H]4C3CC[C@]12C)C(=O)c1ccccc1. The second kappa shape index (κ2) is 7.90. The fourth-order valence-corrected chi connectivity index (χ4v) is 8.70. The summed E-state index contributed by atoms with van der Waals surface area (Å²) in [6.45, 7) is 5.51. The van der Waals surface area contributed by atoms with Crippen molar-refractivity contribution in [1.82, 2.24) is 4.90 Å². The Morgan fingerprint density at radius 2 is 1.71 bits per heavy atom. The highest BCUT2D eigenvalue weighted by Crippen LogP contribution is 2.64. The molecule has 0 heterocycles. The zero-order valence-electron chi connectivity index (χ0n) is 19.7. The average molecular weight is 424 g/mol. The molecular formula is C28H41NO2. The molecule has 0 aromatic heterocycles. The van der Waals surface area contributed by atoms with Gasteiger partial charge in [0.25, 0.3) is 5.91 Å². The summed E-state index contributed by atoms with van der Waals surface area (Å²) in [4.78, 5) is 14.9. The molecule has 4 aliphatic rings. The van der Waals surface area contributed by atoms with Gasteiger partial charge in [0.05, 0.1) is 5.60 Å². The van der Waals surface area contributed by atoms with Crippen LogP contribution in [0.25, 0.3) is 0 Å². The lowest BCUT2D eigenvalue weighted by molar-refractivity contribution is -0.100. The van der Waals surface area contributed by atoms with E-state index >= 15 is 0 Å². The van der Waals surface area contributed by atoms with Crippen molar-refractivity contribution in [1.29, 1.82) is 0 Å². The molecule has 1 aromatic carbocycles. The quantitative estimate of drug-likeness (QED) is 0.669. The first-order chi connectivity index (χ1) is 14.8. The molecule has 1 unspecified atom stereocenters. The molecule has 1 N–H and O–H groups in total. The Labute approximate surface area is 188 Å². The van der Waals surface area contributed by atoms with Gasteiger partial charge in [-0.3, -0.25) is 4.79 Å². The molecule has 170 valence electrons. The number of hydrogen-bond acceptors (Lipinski definition) is 2. The third-order valence-electron chi connectivity index (χ3n) is 10.3. The minimum absolute atomic E-state index is 0.163. The molecule has 4 fully saturated rings. The number of fused-ring (bicyclic) bond motifs is 5. The number of amides is 1. The summed E-state index contributed by atoms with van der Waals surface area (Å²) in [5, 5.41) is 10.6. The van der Waals surface area contributed by atoms with Crippen LogP contribution in [-0.4, -0.2) is 35.1 Å². The van der Waals surface area contributed by atoms with E-state index < -0.39 is 5.60 Å². The van der Waals surface area contributed by atoms with Crippen LogP contribution in [0.2, 0.25) is 0 Å². The Bertz CT molecular complexity index is 804. The largest absolute Gasteiger partial charge is 0.390 e. The van der Waals surface area contributed by atoms with E-state index in [0.717, 1.165) is 54.5 Å². The van der Waals surface area contributed by atoms with Crippen LogP contribution in [0, 0.1) is 40.9 Å². The molecule has 3 nitrogen and oxygen atoms in total. The topological polar surface area (TPSA) is 40.5 Å². The fraction of sp³-hybridized carbons (Fsp3) is 0.750. The molecule has 5 rings (SSSR count). The van der Waals surface area contributed by atoms with Crippen molar-refractivity contribution in [3.63, 3.8) is 0 Å². The van der Waals surface area contributed by atoms with Crippen molar-refractivity contribution in [3.8, 4) is 0 Å². The van der Waals surface area contributed by atoms with E-state index in [1.165, 1.54) is 44.9 Å². The summed E-state index contributed by atoms with van der Waals surface area (Å²) in [6, 6.07) is 9.75. The summed E-state index contributed by atoms with van der Waals surface area (Å²) in [5.41, 5.74) is 0.769. The molecule has 3 heteroatoms. The van der Waals surface area contributed by atoms with E-state index in [1.807, 2.05) is 42.3 Å². The Kier molecular flexibility index (Phi) is 5.48. The lowest BCUT2D eigenvalue weighted by atomic mass is 9.49. The van der Waals surface area contributed by atoms with E-state index in [1.54, 1.807) is 0 Å². The predicted molar refractivity (Wildman–Crippen MR) is 125 cm³/mol. The van der Waals surface area contributed by atoms with Crippen molar-refractivity contribution >= 4 is 5.91 Å². The zero-order chi connectivity index (χ0) is 21.8. The molecule has 4 aliphatic carbocycles. The lowest BCUT2D eigenvalue weighted by Crippen LogP contribution is -2.51. The summed E-state index contributed by atoms with van der Waals surface area (Å²) in [5.74, 6) is 4.99. The van der Waals surface area contributed by atoms with Crippen LogP contribution in [0.1, 0.15) is 82.0 Å². The highest BCUT2D eigenvalue weighted by atomic mass is 16.3. The number of benzene rings is 1. The predicted octanol–water partition coefficient (Wildman–Crippen LogP) is 5.78. The van der Waals surface area contributed by atoms with E-state index in [4.69, 9.17) is 0 Å². The number of rotatable bonds is 3. The summed E-state index contributed by atoms with van der Waals surface area (Å²) in [7, 11) is 2.00. The Balaban J connectivity index is 1.28. The molecule has 0 saturated heterocycles. The molecule has 0 aliphatic heterocycles. The van der Waals surface area contributed by atoms with Gasteiger partial charge in [-0.05, 0) is 118 Å². The van der Waals surface area contributed by atoms with E-state index in [2.05, 4.69) is 13.8 Å². The van der Waals surface area contributed by atoms with Crippen LogP contribution in [0.15, 0.2) is 30.3 Å². The van der Waals surface area contributed by atoms with Crippen LogP contribution < -0.4 is 0 Å². The third kappa shape index (κ3) is 3.75. The molecule has 4 saturated carbocycles. The van der Waals surface area contributed by atoms with Crippen LogP contribution in [0.5, 0.6) is 0 Å². The monoisotopic (exact) mass is 423 g/mol. The van der Waals surface area contributed by atoms with Crippen molar-refractivity contribution < 1.29 is 9.90 Å². The van der Waals surface area contributed by atoms with Gasteiger partial charge in [0.15, 0.2) is 0 Å². The summed E-state index contributed by atoms with van der Waals surface area (Å²) < 4.78 is 0. The number of nitrogens with zero attached hydrogens (tertiary/aromatic N) is 1. The van der Waals surface area contributed by atoms with Crippen LogP contribution in [0.4, 0.5) is 0 Å². The van der Waals surface area contributed by atoms with Crippen LogP contribution >= 0.6 is 0 Å². The van der Waals surface area contributed by atoms with Crippen molar-refractivity contribution in [2.24, 2.45) is 40.9 Å². The van der Waals surface area contributed by atoms with Gasteiger partial charge in [-0.2, -0.15) is 0 Å². The van der Waals surface area contributed by atoms with Gasteiger partial charge in [0.2, 0.25) is 0 Å². The van der Waals surface area contributed by atoms with Gasteiger partial charge in [0, 0.05) is 19.2 Å². The zero-order valence-corrected chi connectivity index (χ0v) is 19.7. The highest BCUT2D eigenvalue weighted by molar-refractivity contribution is 5.94. The summed E-state index contributed by atoms with van der Waals surface area (Å²) >= 11 is 0. The minimum Gasteiger partial charge on any atom is -0.390 e. The van der Waals surface area contributed by atoms with Crippen LogP contribution in [0.3, 0.4) is 0 Å². The molecule has 1 amide bonds. The van der Waals surface area contributed by atoms with Crippen LogP contribution in [-0.2, 0) is 0 Å². The molecule has 8 atom stereocenters. The maximum absolute atomic E-state index is 12.9. The smallest absolute Gasteiger partial charge is 0.253 e. The standard InChI is InChI=1S/C28H41NO2/c1-27(31)15-13-22-20(17-27)9-11-24-23(22)14-16-28(2)21(10-12-25(24)28)18-29(3)26(30)19-7-5-4-6-8-19/h4-8,20-25,31H,9-18H2,1-3H3/t20-,21-,22+,23?,24-,25+,27-,28-/m1/s1. The van der Waals surface area contributed by atoms with E-state index in [0.29, 0.717) is 11.3 Å². The van der Waals surface area contributed by atoms with Gasteiger partial charge in [0.1, 0.15) is 0 Å². The van der Waals surface area contributed by atoms with Gasteiger partial charge in [-0.15, -0.1) is 0 Å². The minimum atomic E-state index is -0.425. The maximum Gasteiger partial charge on any atom is 0.253 e. The van der Waals surface area contributed by atoms with Gasteiger partial charge >= 0.3 is 0 Å². The Morgan fingerprint density at radius 1 is 0.968 bits per heavy atom. The molecular weight excluding hydrogens is 382 g/mol. The molecule has 0 spiro atoms. The fourth-order valence-electron chi connectivity index (χ4n) is 8.70. The molecule has 0 bridgehead atoms. The first-order valence-corrected chi connectivity index (χ1v) is 12.8. The number of hydrogen-bond donors (Lipinski definition) is 1. The first-order valence-electron chi connectivity index (χ1n) is 12.8. The Morgan fingerprint density at radius 3 is 2.48 bits per heavy atom. The maximum atomic E-state index is 12.9. The number of carbonyl (C=O) groups is 1. The van der Waals surface area contributed by atoms with Gasteiger partial charge < -0.3 is 10.0 Å². The third-order valence-corrected chi connectivity index (χ3v) is 10.3. The van der Waals surface area contributed by atoms with Gasteiger partial charge in [-0.1, -0.05) is 25.1 Å². The second-order valence-corrected chi connectivity index (χ2v) is 12.0. The first kappa shape index (κ1) is 21.5. The Hall–Kier alpha value is -1.35. The van der Waals surface area contributed by atoms with Crippen molar-refractivity contribution in [2.45, 2.75) is 77.2 Å². The van der Waals surface area contributed by atoms with E-state index in [9.17, 15) is 9.90 Å². The van der Waals surface area contributed by atoms with E-state index in [-0.39, 0.29) is 5.91 Å². The summed E-state index contributed by atoms with van der Waals surface area (Å²) in [6.07, 6.45) is 11.3. The second-order valence-electron chi connectivity index (χ2n) is 12.0. The molecule has 1 aromatic rings. The molecule has 31 heavy (non-hydrogen) atoms.